The molecule has 1 aromatic heterocycles. The summed E-state index contributed by atoms with van der Waals surface area (Å²) in [5.41, 5.74) is 20.7. The van der Waals surface area contributed by atoms with Gasteiger partial charge in [-0.1, -0.05) is 208 Å². The molecular weight excluding hydrogens is 815 g/mol. The molecule has 0 atom stereocenters. The number of hydrogen-bond donors (Lipinski definition) is 0. The van der Waals surface area contributed by atoms with Crippen LogP contribution in [0.15, 0.2) is 237 Å². The molecule has 1 nitrogen and oxygen atoms in total. The maximum atomic E-state index is 2.49. The van der Waals surface area contributed by atoms with Gasteiger partial charge in [0.15, 0.2) is 0 Å². The number of nitrogens with zero attached hydrogens (tertiary/aromatic N) is 1. The van der Waals surface area contributed by atoms with E-state index < -0.39 is 5.41 Å². The van der Waals surface area contributed by atoms with Gasteiger partial charge in [-0.3, -0.25) is 0 Å². The molecule has 0 N–H and O–H groups in total. The van der Waals surface area contributed by atoms with Crippen LogP contribution in [0.3, 0.4) is 0 Å². The van der Waals surface area contributed by atoms with Crippen LogP contribution >= 0.6 is 11.3 Å². The fourth-order valence-corrected chi connectivity index (χ4v) is 12.7. The lowest BCUT2D eigenvalue weighted by Gasteiger charge is -2.34. The van der Waals surface area contributed by atoms with Crippen LogP contribution in [-0.2, 0) is 10.8 Å². The Bertz CT molecular complexity index is 3630. The van der Waals surface area contributed by atoms with Gasteiger partial charge in [0.1, 0.15) is 0 Å². The second kappa shape index (κ2) is 14.9. The van der Waals surface area contributed by atoms with Crippen LogP contribution < -0.4 is 4.90 Å². The molecule has 10 aromatic carbocycles. The molecule has 0 fully saturated rings. The third-order valence-corrected chi connectivity index (χ3v) is 15.7. The predicted octanol–water partition coefficient (Wildman–Crippen LogP) is 17.5. The zero-order valence-electron chi connectivity index (χ0n) is 36.9. The maximum absolute atomic E-state index is 2.49. The molecular formula is C64H45NS. The van der Waals surface area contributed by atoms with E-state index >= 15 is 0 Å². The largest absolute Gasteiger partial charge is 0.310 e. The Morgan fingerprint density at radius 2 is 0.909 bits per heavy atom. The van der Waals surface area contributed by atoms with E-state index in [2.05, 4.69) is 255 Å². The third kappa shape index (κ3) is 5.65. The molecule has 0 aliphatic heterocycles. The highest BCUT2D eigenvalue weighted by Gasteiger charge is 2.46. The smallest absolute Gasteiger partial charge is 0.0713 e. The first-order valence-electron chi connectivity index (χ1n) is 23.0. The van der Waals surface area contributed by atoms with E-state index in [9.17, 15) is 0 Å². The number of thiophene rings is 1. The van der Waals surface area contributed by atoms with Crippen molar-refractivity contribution in [3.8, 4) is 44.5 Å². The van der Waals surface area contributed by atoms with Gasteiger partial charge in [-0.25, -0.2) is 0 Å². The van der Waals surface area contributed by atoms with Gasteiger partial charge in [-0.05, 0) is 115 Å². The Hall–Kier alpha value is -7.78. The molecule has 13 rings (SSSR count). The number of benzene rings is 10. The standard InChI is InChI=1S/C64H45NS/c1-63(2)55-27-13-10-25-53(55)62-52(26-17-29-58(62)63)49-23-11-15-30-59(49)65(46-35-32-42(33-36-46)43-34-38-51-50-24-12-16-31-60(50)66-61(51)40-43)47-37-39-57-54(41-47)48-22-9-14-28-56(48)64(57,44-18-5-3-6-19-44)45-20-7-4-8-21-45/h3-41H,1-2H3. The highest BCUT2D eigenvalue weighted by Crippen LogP contribution is 2.58. The van der Waals surface area contributed by atoms with Gasteiger partial charge in [-0.15, -0.1) is 11.3 Å². The minimum absolute atomic E-state index is 0.109. The topological polar surface area (TPSA) is 3.24 Å². The second-order valence-electron chi connectivity index (χ2n) is 18.4. The van der Waals surface area contributed by atoms with Crippen molar-refractivity contribution in [2.75, 3.05) is 4.90 Å². The molecule has 0 amide bonds. The van der Waals surface area contributed by atoms with Gasteiger partial charge in [0.05, 0.1) is 11.1 Å². The lowest BCUT2D eigenvalue weighted by molar-refractivity contribution is 0.660. The van der Waals surface area contributed by atoms with E-state index in [0.717, 1.165) is 17.1 Å². The minimum Gasteiger partial charge on any atom is -0.310 e. The Kier molecular flexibility index (Phi) is 8.72. The maximum Gasteiger partial charge on any atom is 0.0713 e. The van der Waals surface area contributed by atoms with Crippen molar-refractivity contribution in [3.63, 3.8) is 0 Å². The van der Waals surface area contributed by atoms with Crippen LogP contribution in [0, 0.1) is 0 Å². The van der Waals surface area contributed by atoms with Gasteiger partial charge in [0.2, 0.25) is 0 Å². The van der Waals surface area contributed by atoms with Crippen LogP contribution in [-0.4, -0.2) is 0 Å². The van der Waals surface area contributed by atoms with Crippen LogP contribution in [0.25, 0.3) is 64.7 Å². The van der Waals surface area contributed by atoms with E-state index in [0.29, 0.717) is 0 Å². The van der Waals surface area contributed by atoms with E-state index in [1.807, 2.05) is 11.3 Å². The Labute approximate surface area is 390 Å². The van der Waals surface area contributed by atoms with E-state index in [-0.39, 0.29) is 5.41 Å². The first kappa shape index (κ1) is 38.7. The molecule has 2 aliphatic rings. The minimum atomic E-state index is -0.475. The van der Waals surface area contributed by atoms with Crippen LogP contribution in [0.2, 0.25) is 0 Å². The molecule has 0 saturated heterocycles. The Morgan fingerprint density at radius 3 is 1.68 bits per heavy atom. The van der Waals surface area contributed by atoms with Gasteiger partial charge < -0.3 is 4.90 Å². The molecule has 0 spiro atoms. The summed E-state index contributed by atoms with van der Waals surface area (Å²) >= 11 is 1.87. The lowest BCUT2D eigenvalue weighted by Crippen LogP contribution is -2.28. The van der Waals surface area contributed by atoms with Crippen LogP contribution in [0.1, 0.15) is 47.2 Å². The molecule has 66 heavy (non-hydrogen) atoms. The quantitative estimate of drug-likeness (QED) is 0.154. The summed E-state index contributed by atoms with van der Waals surface area (Å²) in [7, 11) is 0. The fourth-order valence-electron chi connectivity index (χ4n) is 11.6. The molecule has 0 radical (unpaired) electrons. The van der Waals surface area contributed by atoms with Gasteiger partial charge in [-0.2, -0.15) is 0 Å². The van der Waals surface area contributed by atoms with Crippen LogP contribution in [0.4, 0.5) is 17.1 Å². The van der Waals surface area contributed by atoms with Crippen molar-refractivity contribution in [3.05, 3.63) is 270 Å². The van der Waals surface area contributed by atoms with Crippen molar-refractivity contribution >= 4 is 48.6 Å². The first-order valence-corrected chi connectivity index (χ1v) is 23.8. The summed E-state index contributed by atoms with van der Waals surface area (Å²) in [6.45, 7) is 4.74. The van der Waals surface area contributed by atoms with Gasteiger partial charge >= 0.3 is 0 Å². The zero-order chi connectivity index (χ0) is 44.0. The molecule has 0 saturated carbocycles. The highest BCUT2D eigenvalue weighted by molar-refractivity contribution is 7.25. The van der Waals surface area contributed by atoms with Crippen molar-refractivity contribution in [1.29, 1.82) is 0 Å². The molecule has 2 aliphatic carbocycles. The lowest BCUT2D eigenvalue weighted by atomic mass is 9.68. The molecule has 2 heteroatoms. The van der Waals surface area contributed by atoms with Crippen LogP contribution in [0.5, 0.6) is 0 Å². The Balaban J connectivity index is 1.02. The average Bonchev–Trinajstić information content (AvgIpc) is 3.98. The van der Waals surface area contributed by atoms with E-state index in [1.54, 1.807) is 0 Å². The van der Waals surface area contributed by atoms with Gasteiger partial charge in [0, 0.05) is 42.5 Å². The number of fused-ring (bicyclic) bond motifs is 9. The van der Waals surface area contributed by atoms with E-state index in [1.165, 1.54) is 98.1 Å². The summed E-state index contributed by atoms with van der Waals surface area (Å²) in [6, 6.07) is 88.3. The van der Waals surface area contributed by atoms with E-state index in [4.69, 9.17) is 0 Å². The summed E-state index contributed by atoms with van der Waals surface area (Å²) in [5, 5.41) is 2.64. The summed E-state index contributed by atoms with van der Waals surface area (Å²) < 4.78 is 2.64. The Morgan fingerprint density at radius 1 is 0.348 bits per heavy atom. The number of hydrogen-bond acceptors (Lipinski definition) is 2. The first-order chi connectivity index (χ1) is 32.5. The molecule has 0 unspecified atom stereocenters. The fraction of sp³-hybridized carbons (Fsp3) is 0.0625. The number of anilines is 3. The molecule has 0 bridgehead atoms. The third-order valence-electron chi connectivity index (χ3n) is 14.6. The SMILES string of the molecule is CC1(C)c2ccccc2-c2c(-c3ccccc3N(c3ccc(-c4ccc5c(c4)sc4ccccc45)cc3)c3ccc4c(c3)-c3ccccc3C4(c3ccccc3)c3ccccc3)cccc21. The molecule has 1 heterocycles. The summed E-state index contributed by atoms with van der Waals surface area (Å²) in [5.74, 6) is 0. The number of para-hydroxylation sites is 1. The predicted molar refractivity (Wildman–Crippen MR) is 280 cm³/mol. The average molecular weight is 860 g/mol. The molecule has 312 valence electrons. The number of rotatable bonds is 7. The van der Waals surface area contributed by atoms with Crippen molar-refractivity contribution < 1.29 is 0 Å². The normalized spacial score (nSPS) is 13.8. The zero-order valence-corrected chi connectivity index (χ0v) is 37.7. The monoisotopic (exact) mass is 859 g/mol. The summed E-state index contributed by atoms with van der Waals surface area (Å²) in [4.78, 5) is 2.49. The second-order valence-corrected chi connectivity index (χ2v) is 19.4. The van der Waals surface area contributed by atoms with Crippen molar-refractivity contribution in [2.45, 2.75) is 24.7 Å². The van der Waals surface area contributed by atoms with Gasteiger partial charge in [0.25, 0.3) is 0 Å². The molecule has 11 aromatic rings. The highest BCUT2D eigenvalue weighted by atomic mass is 32.1. The summed E-state index contributed by atoms with van der Waals surface area (Å²) in [6.07, 6.45) is 0. The van der Waals surface area contributed by atoms with Crippen molar-refractivity contribution in [2.24, 2.45) is 0 Å². The van der Waals surface area contributed by atoms with Crippen molar-refractivity contribution in [1.82, 2.24) is 0 Å².